The maximum absolute atomic E-state index is 13.9. The van der Waals surface area contributed by atoms with Crippen LogP contribution >= 0.6 is 0 Å². The molecule has 0 fully saturated rings. The molecule has 0 atom stereocenters. The predicted molar refractivity (Wildman–Crippen MR) is 60.9 cm³/mol. The molecule has 0 aliphatic rings. The number of pyridine rings is 1. The van der Waals surface area contributed by atoms with E-state index in [1.165, 1.54) is 0 Å². The Balaban J connectivity index is 2.54. The normalized spacial score (nSPS) is 10.2. The smallest absolute Gasteiger partial charge is 0.213 e. The van der Waals surface area contributed by atoms with E-state index in [9.17, 15) is 4.39 Å². The Morgan fingerprint density at radius 3 is 2.81 bits per heavy atom. The summed E-state index contributed by atoms with van der Waals surface area (Å²) in [5.41, 5.74) is 1.97. The van der Waals surface area contributed by atoms with E-state index in [2.05, 4.69) is 4.98 Å². The van der Waals surface area contributed by atoms with Crippen molar-refractivity contribution in [3.05, 3.63) is 47.9 Å². The molecule has 0 N–H and O–H groups in total. The van der Waals surface area contributed by atoms with Crippen LogP contribution in [0.4, 0.5) is 4.39 Å². The summed E-state index contributed by atoms with van der Waals surface area (Å²) < 4.78 is 18.9. The van der Waals surface area contributed by atoms with E-state index in [-0.39, 0.29) is 5.82 Å². The fraction of sp³-hybridized carbons (Fsp3) is 0.154. The summed E-state index contributed by atoms with van der Waals surface area (Å²) in [5.74, 6) is 0.286. The Bertz CT molecular complexity index is 511. The Hall–Kier alpha value is -1.90. The van der Waals surface area contributed by atoms with Crippen LogP contribution in [-0.2, 0) is 0 Å². The molecule has 0 unspecified atom stereocenters. The number of ether oxygens (including phenoxy) is 1. The molecular formula is C13H12FNO. The van der Waals surface area contributed by atoms with Crippen LogP contribution in [0.25, 0.3) is 11.1 Å². The summed E-state index contributed by atoms with van der Waals surface area (Å²) in [4.78, 5) is 3.99. The molecule has 0 spiro atoms. The first-order valence-electron chi connectivity index (χ1n) is 4.98. The molecule has 0 aliphatic carbocycles. The molecule has 2 nitrogen and oxygen atoms in total. The van der Waals surface area contributed by atoms with Crippen LogP contribution in [0, 0.1) is 12.7 Å². The second kappa shape index (κ2) is 4.31. The zero-order chi connectivity index (χ0) is 11.5. The summed E-state index contributed by atoms with van der Waals surface area (Å²) in [6.45, 7) is 1.75. The monoisotopic (exact) mass is 217 g/mol. The van der Waals surface area contributed by atoms with E-state index in [1.807, 2.05) is 6.07 Å². The van der Waals surface area contributed by atoms with Gasteiger partial charge < -0.3 is 4.74 Å². The fourth-order valence-corrected chi connectivity index (χ4v) is 1.56. The third kappa shape index (κ3) is 1.89. The summed E-state index contributed by atoms with van der Waals surface area (Å²) in [6, 6.07) is 8.81. The molecule has 0 bridgehead atoms. The minimum absolute atomic E-state index is 0.198. The highest BCUT2D eigenvalue weighted by molar-refractivity contribution is 5.65. The van der Waals surface area contributed by atoms with Gasteiger partial charge in [-0.25, -0.2) is 9.37 Å². The van der Waals surface area contributed by atoms with E-state index < -0.39 is 0 Å². The van der Waals surface area contributed by atoms with Crippen molar-refractivity contribution in [2.45, 2.75) is 6.92 Å². The Morgan fingerprint density at radius 2 is 2.06 bits per heavy atom. The number of methoxy groups -OCH3 is 1. The highest BCUT2D eigenvalue weighted by Gasteiger charge is 2.07. The lowest BCUT2D eigenvalue weighted by Gasteiger charge is -2.06. The third-order valence-electron chi connectivity index (χ3n) is 2.45. The second-order valence-corrected chi connectivity index (χ2v) is 3.52. The van der Waals surface area contributed by atoms with Crippen molar-refractivity contribution in [3.8, 4) is 17.0 Å². The van der Waals surface area contributed by atoms with Crippen molar-refractivity contribution < 1.29 is 9.13 Å². The summed E-state index contributed by atoms with van der Waals surface area (Å²) >= 11 is 0. The third-order valence-corrected chi connectivity index (χ3v) is 2.45. The Labute approximate surface area is 93.7 Å². The van der Waals surface area contributed by atoms with Gasteiger partial charge in [0.1, 0.15) is 5.82 Å². The van der Waals surface area contributed by atoms with Gasteiger partial charge in [0.15, 0.2) is 0 Å². The Kier molecular flexibility index (Phi) is 2.86. The first-order chi connectivity index (χ1) is 7.72. The first kappa shape index (κ1) is 10.6. The van der Waals surface area contributed by atoms with E-state index in [0.29, 0.717) is 17.0 Å². The van der Waals surface area contributed by atoms with Crippen molar-refractivity contribution in [2.24, 2.45) is 0 Å². The van der Waals surface area contributed by atoms with Gasteiger partial charge >= 0.3 is 0 Å². The number of rotatable bonds is 2. The van der Waals surface area contributed by atoms with Crippen molar-refractivity contribution in [2.75, 3.05) is 7.11 Å². The van der Waals surface area contributed by atoms with Crippen molar-refractivity contribution >= 4 is 0 Å². The number of aryl methyl sites for hydroxylation is 1. The molecule has 1 heterocycles. The molecule has 2 aromatic rings. The van der Waals surface area contributed by atoms with Gasteiger partial charge in [-0.3, -0.25) is 0 Å². The largest absolute Gasteiger partial charge is 0.481 e. The maximum Gasteiger partial charge on any atom is 0.213 e. The molecule has 2 rings (SSSR count). The van der Waals surface area contributed by atoms with E-state index >= 15 is 0 Å². The number of hydrogen-bond acceptors (Lipinski definition) is 2. The molecule has 1 aromatic carbocycles. The van der Waals surface area contributed by atoms with Gasteiger partial charge in [0, 0.05) is 17.8 Å². The SMILES string of the molecule is COc1cc(-c2cccc(C)c2F)ccn1. The van der Waals surface area contributed by atoms with Crippen molar-refractivity contribution in [1.82, 2.24) is 4.98 Å². The van der Waals surface area contributed by atoms with Crippen LogP contribution < -0.4 is 4.74 Å². The maximum atomic E-state index is 13.9. The lowest BCUT2D eigenvalue weighted by Crippen LogP contribution is -1.91. The van der Waals surface area contributed by atoms with Crippen LogP contribution in [0.2, 0.25) is 0 Å². The molecule has 3 heteroatoms. The quantitative estimate of drug-likeness (QED) is 0.770. The average Bonchev–Trinajstić information content (AvgIpc) is 2.33. The number of benzene rings is 1. The van der Waals surface area contributed by atoms with E-state index in [4.69, 9.17) is 4.74 Å². The summed E-state index contributed by atoms with van der Waals surface area (Å²) in [7, 11) is 1.54. The first-order valence-corrected chi connectivity index (χ1v) is 4.98. The van der Waals surface area contributed by atoms with Gasteiger partial charge in [0.25, 0.3) is 0 Å². The highest BCUT2D eigenvalue weighted by Crippen LogP contribution is 2.26. The van der Waals surface area contributed by atoms with Crippen molar-refractivity contribution in [1.29, 1.82) is 0 Å². The van der Waals surface area contributed by atoms with Crippen LogP contribution in [0.3, 0.4) is 0 Å². The van der Waals surface area contributed by atoms with E-state index in [1.54, 1.807) is 44.5 Å². The lowest BCUT2D eigenvalue weighted by molar-refractivity contribution is 0.398. The number of nitrogens with zero attached hydrogens (tertiary/aromatic N) is 1. The minimum Gasteiger partial charge on any atom is -0.481 e. The standard InChI is InChI=1S/C13H12FNO/c1-9-4-3-5-11(13(9)14)10-6-7-15-12(8-10)16-2/h3-8H,1-2H3. The van der Waals surface area contributed by atoms with Gasteiger partial charge in [-0.15, -0.1) is 0 Å². The molecule has 0 saturated heterocycles. The fourth-order valence-electron chi connectivity index (χ4n) is 1.56. The predicted octanol–water partition coefficient (Wildman–Crippen LogP) is 3.20. The molecule has 0 amide bonds. The highest BCUT2D eigenvalue weighted by atomic mass is 19.1. The van der Waals surface area contributed by atoms with Crippen LogP contribution in [0.1, 0.15) is 5.56 Å². The molecule has 16 heavy (non-hydrogen) atoms. The van der Waals surface area contributed by atoms with Gasteiger partial charge in [-0.05, 0) is 24.1 Å². The van der Waals surface area contributed by atoms with E-state index in [0.717, 1.165) is 5.56 Å². The zero-order valence-electron chi connectivity index (χ0n) is 9.20. The second-order valence-electron chi connectivity index (χ2n) is 3.52. The summed E-state index contributed by atoms with van der Waals surface area (Å²) in [6.07, 6.45) is 1.61. The molecule has 0 saturated carbocycles. The molecule has 1 aromatic heterocycles. The molecule has 0 radical (unpaired) electrons. The number of hydrogen-bond donors (Lipinski definition) is 0. The average molecular weight is 217 g/mol. The van der Waals surface area contributed by atoms with Crippen molar-refractivity contribution in [3.63, 3.8) is 0 Å². The minimum atomic E-state index is -0.198. The van der Waals surface area contributed by atoms with Crippen LogP contribution in [0.5, 0.6) is 5.88 Å². The number of halogens is 1. The van der Waals surface area contributed by atoms with Crippen LogP contribution in [-0.4, -0.2) is 12.1 Å². The zero-order valence-corrected chi connectivity index (χ0v) is 9.20. The van der Waals surface area contributed by atoms with Gasteiger partial charge in [0.05, 0.1) is 7.11 Å². The number of aromatic nitrogens is 1. The van der Waals surface area contributed by atoms with Gasteiger partial charge in [-0.2, -0.15) is 0 Å². The summed E-state index contributed by atoms with van der Waals surface area (Å²) in [5, 5.41) is 0. The lowest BCUT2D eigenvalue weighted by atomic mass is 10.0. The Morgan fingerprint density at radius 1 is 1.25 bits per heavy atom. The molecule has 0 aliphatic heterocycles. The topological polar surface area (TPSA) is 22.1 Å². The van der Waals surface area contributed by atoms with Gasteiger partial charge in [-0.1, -0.05) is 18.2 Å². The van der Waals surface area contributed by atoms with Gasteiger partial charge in [0.2, 0.25) is 5.88 Å². The molecule has 82 valence electrons. The molecular weight excluding hydrogens is 205 g/mol. The van der Waals surface area contributed by atoms with Crippen LogP contribution in [0.15, 0.2) is 36.5 Å².